The smallest absolute Gasteiger partial charge is 0.0785 e. The Hall–Kier alpha value is -1.84. The van der Waals surface area contributed by atoms with Crippen LogP contribution in [0.4, 0.5) is 5.69 Å². The maximum absolute atomic E-state index is 5.80. The molecule has 16 heavy (non-hydrogen) atoms. The van der Waals surface area contributed by atoms with E-state index in [4.69, 9.17) is 5.73 Å². The summed E-state index contributed by atoms with van der Waals surface area (Å²) in [5.41, 5.74) is 7.93. The number of aromatic nitrogens is 3. The number of nitrogens with zero attached hydrogens (tertiary/aromatic N) is 3. The van der Waals surface area contributed by atoms with E-state index >= 15 is 0 Å². The zero-order valence-electron chi connectivity index (χ0n) is 8.95. The zero-order valence-corrected chi connectivity index (χ0v) is 8.95. The van der Waals surface area contributed by atoms with Gasteiger partial charge in [0.2, 0.25) is 0 Å². The molecule has 2 N–H and O–H groups in total. The van der Waals surface area contributed by atoms with Crippen LogP contribution in [0.25, 0.3) is 0 Å². The molecule has 0 aliphatic heterocycles. The van der Waals surface area contributed by atoms with Gasteiger partial charge in [0.05, 0.1) is 18.4 Å². The molecule has 1 saturated carbocycles. The molecule has 2 aromatic rings. The Bertz CT molecular complexity index is 478. The molecule has 0 amide bonds. The summed E-state index contributed by atoms with van der Waals surface area (Å²) in [4.78, 5) is 1.82. The number of hydrogen-bond acceptors (Lipinski definition) is 3. The summed E-state index contributed by atoms with van der Waals surface area (Å²) in [6, 6.07) is 8.52. The van der Waals surface area contributed by atoms with E-state index in [2.05, 4.69) is 22.3 Å². The Morgan fingerprint density at radius 1 is 1.19 bits per heavy atom. The molecule has 1 aliphatic rings. The predicted octanol–water partition coefficient (Wildman–Crippen LogP) is 1.98. The summed E-state index contributed by atoms with van der Waals surface area (Å²) < 4.78 is 0. The van der Waals surface area contributed by atoms with E-state index in [9.17, 15) is 0 Å². The molecular weight excluding hydrogens is 200 g/mol. The third-order valence-corrected chi connectivity index (χ3v) is 3.31. The highest BCUT2D eigenvalue weighted by molar-refractivity contribution is 5.42. The van der Waals surface area contributed by atoms with Gasteiger partial charge in [-0.2, -0.15) is 15.0 Å². The summed E-state index contributed by atoms with van der Waals surface area (Å²) in [5, 5.41) is 8.42. The largest absolute Gasteiger partial charge is 0.399 e. The van der Waals surface area contributed by atoms with E-state index < -0.39 is 0 Å². The molecule has 0 unspecified atom stereocenters. The molecule has 1 aromatic carbocycles. The van der Waals surface area contributed by atoms with Crippen molar-refractivity contribution in [3.8, 4) is 0 Å². The SMILES string of the molecule is Nc1cccc([C@@H]2CC[C@@H]2n2nccn2)c1. The zero-order chi connectivity index (χ0) is 11.0. The molecule has 0 radical (unpaired) electrons. The minimum Gasteiger partial charge on any atom is -0.399 e. The standard InChI is InChI=1S/C12H14N4/c13-10-3-1-2-9(8-10)11-4-5-12(11)16-14-6-7-15-16/h1-3,6-8,11-12H,4-5,13H2/t11-,12-/m0/s1. The number of nitrogens with two attached hydrogens (primary N) is 1. The molecule has 2 atom stereocenters. The van der Waals surface area contributed by atoms with E-state index in [-0.39, 0.29) is 0 Å². The van der Waals surface area contributed by atoms with Gasteiger partial charge in [-0.25, -0.2) is 0 Å². The summed E-state index contributed by atoms with van der Waals surface area (Å²) in [6.45, 7) is 0. The van der Waals surface area contributed by atoms with Gasteiger partial charge in [0.1, 0.15) is 0 Å². The van der Waals surface area contributed by atoms with Crippen LogP contribution in [0.5, 0.6) is 0 Å². The average molecular weight is 214 g/mol. The van der Waals surface area contributed by atoms with Crippen molar-refractivity contribution in [3.63, 3.8) is 0 Å². The number of benzene rings is 1. The first-order valence-electron chi connectivity index (χ1n) is 5.56. The fraction of sp³-hybridized carbons (Fsp3) is 0.333. The van der Waals surface area contributed by atoms with E-state index in [0.29, 0.717) is 12.0 Å². The quantitative estimate of drug-likeness (QED) is 0.778. The fourth-order valence-electron chi connectivity index (χ4n) is 2.33. The van der Waals surface area contributed by atoms with Crippen LogP contribution in [0.1, 0.15) is 30.4 Å². The van der Waals surface area contributed by atoms with Gasteiger partial charge in [0.15, 0.2) is 0 Å². The average Bonchev–Trinajstić information content (AvgIpc) is 2.69. The van der Waals surface area contributed by atoms with Crippen LogP contribution in [0.15, 0.2) is 36.7 Å². The van der Waals surface area contributed by atoms with Crippen molar-refractivity contribution in [1.82, 2.24) is 15.0 Å². The second-order valence-corrected chi connectivity index (χ2v) is 4.27. The maximum atomic E-state index is 5.80. The van der Waals surface area contributed by atoms with Gasteiger partial charge >= 0.3 is 0 Å². The lowest BCUT2D eigenvalue weighted by Crippen LogP contribution is -2.28. The third-order valence-electron chi connectivity index (χ3n) is 3.31. The van der Waals surface area contributed by atoms with Crippen LogP contribution < -0.4 is 5.73 Å². The summed E-state index contributed by atoms with van der Waals surface area (Å²) in [5.74, 6) is 0.510. The highest BCUT2D eigenvalue weighted by Gasteiger charge is 2.34. The van der Waals surface area contributed by atoms with E-state index in [1.165, 1.54) is 12.0 Å². The second-order valence-electron chi connectivity index (χ2n) is 4.27. The normalized spacial score (nSPS) is 24.0. The number of hydrogen-bond donors (Lipinski definition) is 1. The third kappa shape index (κ3) is 1.46. The van der Waals surface area contributed by atoms with Gasteiger partial charge in [-0.1, -0.05) is 12.1 Å². The van der Waals surface area contributed by atoms with Crippen molar-refractivity contribution in [2.24, 2.45) is 0 Å². The van der Waals surface area contributed by atoms with Gasteiger partial charge in [-0.15, -0.1) is 0 Å². The summed E-state index contributed by atoms with van der Waals surface area (Å²) in [6.07, 6.45) is 5.80. The van der Waals surface area contributed by atoms with Crippen molar-refractivity contribution in [2.45, 2.75) is 24.8 Å². The molecule has 1 aromatic heterocycles. The lowest BCUT2D eigenvalue weighted by Gasteiger charge is -2.36. The Balaban J connectivity index is 1.86. The lowest BCUT2D eigenvalue weighted by atomic mass is 9.75. The first-order valence-corrected chi connectivity index (χ1v) is 5.56. The molecule has 1 heterocycles. The van der Waals surface area contributed by atoms with Gasteiger partial charge in [0, 0.05) is 11.6 Å². The van der Waals surface area contributed by atoms with Gasteiger partial charge in [-0.3, -0.25) is 0 Å². The molecule has 1 aliphatic carbocycles. The maximum Gasteiger partial charge on any atom is 0.0785 e. The van der Waals surface area contributed by atoms with Crippen LogP contribution in [0.3, 0.4) is 0 Å². The number of nitrogen functional groups attached to an aromatic ring is 1. The number of rotatable bonds is 2. The number of anilines is 1. The van der Waals surface area contributed by atoms with Crippen LogP contribution in [0.2, 0.25) is 0 Å². The molecular formula is C12H14N4. The van der Waals surface area contributed by atoms with Crippen molar-refractivity contribution < 1.29 is 0 Å². The molecule has 0 saturated heterocycles. The Kier molecular flexibility index (Phi) is 2.13. The van der Waals surface area contributed by atoms with Crippen LogP contribution in [-0.2, 0) is 0 Å². The Labute approximate surface area is 94.1 Å². The van der Waals surface area contributed by atoms with E-state index in [0.717, 1.165) is 12.1 Å². The van der Waals surface area contributed by atoms with Gasteiger partial charge < -0.3 is 5.73 Å². The minimum atomic E-state index is 0.400. The van der Waals surface area contributed by atoms with Gasteiger partial charge in [0.25, 0.3) is 0 Å². The monoisotopic (exact) mass is 214 g/mol. The van der Waals surface area contributed by atoms with Crippen molar-refractivity contribution in [2.75, 3.05) is 5.73 Å². The molecule has 1 fully saturated rings. The van der Waals surface area contributed by atoms with Crippen molar-refractivity contribution in [3.05, 3.63) is 42.2 Å². The second kappa shape index (κ2) is 3.63. The van der Waals surface area contributed by atoms with Crippen molar-refractivity contribution >= 4 is 5.69 Å². The molecule has 82 valence electrons. The lowest BCUT2D eigenvalue weighted by molar-refractivity contribution is 0.214. The first kappa shape index (κ1) is 9.39. The molecule has 3 rings (SSSR count). The Morgan fingerprint density at radius 2 is 2.00 bits per heavy atom. The molecule has 0 spiro atoms. The topological polar surface area (TPSA) is 56.7 Å². The highest BCUT2D eigenvalue weighted by atomic mass is 15.5. The van der Waals surface area contributed by atoms with Crippen LogP contribution in [0, 0.1) is 0 Å². The van der Waals surface area contributed by atoms with E-state index in [1.54, 1.807) is 12.4 Å². The fourth-order valence-corrected chi connectivity index (χ4v) is 2.33. The van der Waals surface area contributed by atoms with Crippen molar-refractivity contribution in [1.29, 1.82) is 0 Å². The van der Waals surface area contributed by atoms with Crippen LogP contribution in [-0.4, -0.2) is 15.0 Å². The Morgan fingerprint density at radius 3 is 2.62 bits per heavy atom. The summed E-state index contributed by atoms with van der Waals surface area (Å²) in [7, 11) is 0. The predicted molar refractivity (Wildman–Crippen MR) is 61.9 cm³/mol. The van der Waals surface area contributed by atoms with Gasteiger partial charge in [-0.05, 0) is 30.5 Å². The summed E-state index contributed by atoms with van der Waals surface area (Å²) >= 11 is 0. The molecule has 0 bridgehead atoms. The molecule has 4 nitrogen and oxygen atoms in total. The minimum absolute atomic E-state index is 0.400. The van der Waals surface area contributed by atoms with E-state index in [1.807, 2.05) is 16.9 Å². The van der Waals surface area contributed by atoms with Crippen LogP contribution >= 0.6 is 0 Å². The molecule has 4 heteroatoms. The highest BCUT2D eigenvalue weighted by Crippen LogP contribution is 2.45. The first-order chi connectivity index (χ1) is 7.84.